The van der Waals surface area contributed by atoms with Gasteiger partial charge in [-0.15, -0.1) is 0 Å². The first kappa shape index (κ1) is 6.54. The molecule has 3 unspecified atom stereocenters. The number of aliphatic hydroxyl groups excluding tert-OH is 2. The lowest BCUT2D eigenvalue weighted by molar-refractivity contribution is -0.402. The van der Waals surface area contributed by atoms with E-state index in [-0.39, 0.29) is 6.10 Å². The lowest BCUT2D eigenvalue weighted by Crippen LogP contribution is -2.68. The maximum absolute atomic E-state index is 9.24. The van der Waals surface area contributed by atoms with Gasteiger partial charge in [-0.3, -0.25) is 0 Å². The highest BCUT2D eigenvalue weighted by Crippen LogP contribution is 2.33. The van der Waals surface area contributed by atoms with Crippen molar-refractivity contribution < 1.29 is 19.7 Å². The number of hydrogen-bond donors (Lipinski definition) is 2. The van der Waals surface area contributed by atoms with Gasteiger partial charge in [0, 0.05) is 0 Å². The molecule has 3 aliphatic rings. The molecule has 0 saturated carbocycles. The average Bonchev–Trinajstić information content (AvgIpc) is 1.92. The van der Waals surface area contributed by atoms with Crippen molar-refractivity contribution in [1.82, 2.24) is 0 Å². The van der Waals surface area contributed by atoms with Gasteiger partial charge in [0.2, 0.25) is 0 Å². The Morgan fingerprint density at radius 2 is 1.80 bits per heavy atom. The van der Waals surface area contributed by atoms with Crippen molar-refractivity contribution in [2.75, 3.05) is 0 Å². The third-order valence-electron chi connectivity index (χ3n) is 2.07. The van der Waals surface area contributed by atoms with Crippen molar-refractivity contribution in [1.29, 1.82) is 0 Å². The van der Waals surface area contributed by atoms with Gasteiger partial charge in [-0.05, 0) is 6.92 Å². The van der Waals surface area contributed by atoms with E-state index in [9.17, 15) is 5.11 Å². The summed E-state index contributed by atoms with van der Waals surface area (Å²) in [5, 5.41) is 18.4. The van der Waals surface area contributed by atoms with E-state index >= 15 is 0 Å². The highest BCUT2D eigenvalue weighted by Gasteiger charge is 2.53. The molecule has 3 rings (SSSR count). The molecule has 5 atom stereocenters. The molecule has 4 heteroatoms. The number of aliphatic hydroxyl groups is 2. The van der Waals surface area contributed by atoms with Crippen molar-refractivity contribution in [3.05, 3.63) is 0 Å². The zero-order valence-corrected chi connectivity index (χ0v) is 5.60. The molecule has 0 aliphatic carbocycles. The van der Waals surface area contributed by atoms with Gasteiger partial charge in [-0.25, -0.2) is 0 Å². The Kier molecular flexibility index (Phi) is 1.25. The summed E-state index contributed by atoms with van der Waals surface area (Å²) in [4.78, 5) is 0. The largest absolute Gasteiger partial charge is 0.388 e. The molecule has 58 valence electrons. The third-order valence-corrected chi connectivity index (χ3v) is 2.07. The molecule has 3 aliphatic heterocycles. The maximum Gasteiger partial charge on any atom is 0.187 e. The van der Waals surface area contributed by atoms with E-state index in [2.05, 4.69) is 0 Å². The van der Waals surface area contributed by atoms with Crippen LogP contribution in [-0.4, -0.2) is 40.9 Å². The van der Waals surface area contributed by atoms with Crippen LogP contribution in [0.15, 0.2) is 0 Å². The molecule has 10 heavy (non-hydrogen) atoms. The fourth-order valence-corrected chi connectivity index (χ4v) is 1.34. The zero-order chi connectivity index (χ0) is 7.30. The predicted molar refractivity (Wildman–Crippen MR) is 31.2 cm³/mol. The van der Waals surface area contributed by atoms with Crippen LogP contribution in [0.25, 0.3) is 0 Å². The second-order valence-electron chi connectivity index (χ2n) is 2.79. The molecule has 3 saturated heterocycles. The predicted octanol–water partition coefficient (Wildman–Crippen LogP) is -1.15. The molecule has 0 aromatic heterocycles. The fourth-order valence-electron chi connectivity index (χ4n) is 1.34. The summed E-state index contributed by atoms with van der Waals surface area (Å²) in [6, 6.07) is 0. The number of fused-ring (bicyclic) bond motifs is 2. The summed E-state index contributed by atoms with van der Waals surface area (Å²) in [5.74, 6) is 0. The van der Waals surface area contributed by atoms with Gasteiger partial charge >= 0.3 is 0 Å². The van der Waals surface area contributed by atoms with Crippen LogP contribution < -0.4 is 0 Å². The minimum atomic E-state index is -0.681. The first-order valence-electron chi connectivity index (χ1n) is 3.37. The van der Waals surface area contributed by atoms with Gasteiger partial charge < -0.3 is 19.7 Å². The fraction of sp³-hybridized carbons (Fsp3) is 1.00. The summed E-state index contributed by atoms with van der Waals surface area (Å²) < 4.78 is 10.0. The van der Waals surface area contributed by atoms with Crippen LogP contribution in [-0.2, 0) is 9.47 Å². The van der Waals surface area contributed by atoms with Crippen molar-refractivity contribution in [2.45, 2.75) is 37.6 Å². The second kappa shape index (κ2) is 1.92. The van der Waals surface area contributed by atoms with Gasteiger partial charge in [-0.2, -0.15) is 0 Å². The SMILES string of the molecule is C[C@@H]1OC2OC(C1O)[C@@H]2O. The van der Waals surface area contributed by atoms with Crippen LogP contribution in [0.2, 0.25) is 0 Å². The smallest absolute Gasteiger partial charge is 0.187 e. The Balaban J connectivity index is 2.08. The van der Waals surface area contributed by atoms with E-state index in [4.69, 9.17) is 14.6 Å². The third kappa shape index (κ3) is 0.645. The number of hydrogen-bond acceptors (Lipinski definition) is 4. The molecule has 3 heterocycles. The van der Waals surface area contributed by atoms with E-state index in [1.807, 2.05) is 0 Å². The molecule has 0 radical (unpaired) electrons. The van der Waals surface area contributed by atoms with Crippen LogP contribution >= 0.6 is 0 Å². The Labute approximate surface area is 58.4 Å². The summed E-state index contributed by atoms with van der Waals surface area (Å²) in [6.45, 7) is 1.76. The molecule has 4 nitrogen and oxygen atoms in total. The van der Waals surface area contributed by atoms with Crippen molar-refractivity contribution in [2.24, 2.45) is 0 Å². The number of rotatable bonds is 0. The Morgan fingerprint density at radius 1 is 1.10 bits per heavy atom. The monoisotopic (exact) mass is 146 g/mol. The van der Waals surface area contributed by atoms with Gasteiger partial charge in [0.1, 0.15) is 18.3 Å². The van der Waals surface area contributed by atoms with E-state index in [0.717, 1.165) is 0 Å². The Hall–Kier alpha value is -0.160. The van der Waals surface area contributed by atoms with Crippen molar-refractivity contribution >= 4 is 0 Å². The van der Waals surface area contributed by atoms with Crippen LogP contribution in [0.4, 0.5) is 0 Å². The average molecular weight is 146 g/mol. The molecule has 2 N–H and O–H groups in total. The van der Waals surface area contributed by atoms with Gasteiger partial charge in [-0.1, -0.05) is 0 Å². The minimum absolute atomic E-state index is 0.216. The zero-order valence-electron chi connectivity index (χ0n) is 5.60. The summed E-state index contributed by atoms with van der Waals surface area (Å²) in [6.07, 6.45) is -2.45. The normalized spacial score (nSPS) is 59.7. The Morgan fingerprint density at radius 3 is 2.20 bits per heavy atom. The van der Waals surface area contributed by atoms with Crippen LogP contribution in [0.1, 0.15) is 6.92 Å². The van der Waals surface area contributed by atoms with Crippen molar-refractivity contribution in [3.63, 3.8) is 0 Å². The van der Waals surface area contributed by atoms with E-state index in [0.29, 0.717) is 0 Å². The second-order valence-corrected chi connectivity index (χ2v) is 2.79. The molecule has 0 aromatic carbocycles. The number of ether oxygens (including phenoxy) is 2. The maximum atomic E-state index is 9.24. The van der Waals surface area contributed by atoms with Crippen LogP contribution in [0, 0.1) is 0 Å². The minimum Gasteiger partial charge on any atom is -0.388 e. The highest BCUT2D eigenvalue weighted by atomic mass is 16.7. The van der Waals surface area contributed by atoms with Gasteiger partial charge in [0.05, 0.1) is 6.10 Å². The van der Waals surface area contributed by atoms with Crippen LogP contribution in [0.5, 0.6) is 0 Å². The molecule has 0 aromatic rings. The summed E-state index contributed by atoms with van der Waals surface area (Å²) >= 11 is 0. The lowest BCUT2D eigenvalue weighted by Gasteiger charge is -2.50. The molecular weight excluding hydrogens is 136 g/mol. The first-order chi connectivity index (χ1) is 4.70. The Bertz CT molecular complexity index is 145. The highest BCUT2D eigenvalue weighted by molar-refractivity contribution is 4.95. The molecular formula is C6H10O4. The molecule has 2 bridgehead atoms. The van der Waals surface area contributed by atoms with Crippen LogP contribution in [0.3, 0.4) is 0 Å². The quantitative estimate of drug-likeness (QED) is 0.453. The molecule has 0 amide bonds. The van der Waals surface area contributed by atoms with Crippen molar-refractivity contribution in [3.8, 4) is 0 Å². The topological polar surface area (TPSA) is 58.9 Å². The molecule has 0 spiro atoms. The van der Waals surface area contributed by atoms with E-state index in [1.54, 1.807) is 6.92 Å². The van der Waals surface area contributed by atoms with E-state index in [1.165, 1.54) is 0 Å². The van der Waals surface area contributed by atoms with E-state index < -0.39 is 24.6 Å². The van der Waals surface area contributed by atoms with Gasteiger partial charge in [0.25, 0.3) is 0 Å². The standard InChI is InChI=1S/C6H10O4/c1-2-3(7)5-4(8)6(9-2)10-5/h2-8H,1H3/t2-,3?,4-,5?,6?/m0/s1. The first-order valence-corrected chi connectivity index (χ1v) is 3.37. The molecule has 3 fully saturated rings. The summed E-state index contributed by atoms with van der Waals surface area (Å²) in [7, 11) is 0. The lowest BCUT2D eigenvalue weighted by atomic mass is 9.95. The van der Waals surface area contributed by atoms with Gasteiger partial charge in [0.15, 0.2) is 6.29 Å². The summed E-state index contributed by atoms with van der Waals surface area (Å²) in [5.41, 5.74) is 0.